The molecule has 1 saturated carbocycles. The van der Waals surface area contributed by atoms with Crippen LogP contribution in [0.1, 0.15) is 38.5 Å². The van der Waals surface area contributed by atoms with E-state index in [0.717, 1.165) is 17.7 Å². The van der Waals surface area contributed by atoms with Crippen LogP contribution in [0.5, 0.6) is 0 Å². The number of nitrogens with zero attached hydrogens (tertiary/aromatic N) is 2. The van der Waals surface area contributed by atoms with E-state index in [1.54, 1.807) is 0 Å². The van der Waals surface area contributed by atoms with Crippen molar-refractivity contribution in [1.29, 1.82) is 0 Å². The molecule has 2 aromatic rings. The molecule has 3 rings (SSSR count). The molecule has 1 N–H and O–H groups in total. The summed E-state index contributed by atoms with van der Waals surface area (Å²) in [5.41, 5.74) is 0. The molecule has 1 fully saturated rings. The van der Waals surface area contributed by atoms with E-state index in [9.17, 15) is 9.59 Å². The molecule has 0 aliphatic heterocycles. The average Bonchev–Trinajstić information content (AvgIpc) is 3.16. The largest absolute Gasteiger partial charge is 0.437 e. The highest BCUT2D eigenvalue weighted by molar-refractivity contribution is 7.13. The van der Waals surface area contributed by atoms with Gasteiger partial charge in [-0.15, -0.1) is 16.4 Å². The summed E-state index contributed by atoms with van der Waals surface area (Å²) in [5.74, 6) is -0.235. The van der Waals surface area contributed by atoms with Gasteiger partial charge in [-0.3, -0.25) is 4.79 Å². The van der Waals surface area contributed by atoms with Gasteiger partial charge in [0.2, 0.25) is 5.91 Å². The second kappa shape index (κ2) is 6.91. The molecule has 6 nitrogen and oxygen atoms in total. The summed E-state index contributed by atoms with van der Waals surface area (Å²) in [6.45, 7) is 0.242. The number of hydrogen-bond acceptors (Lipinski definition) is 5. The van der Waals surface area contributed by atoms with Gasteiger partial charge in [0.25, 0.3) is 5.89 Å². The van der Waals surface area contributed by atoms with Gasteiger partial charge in [0.15, 0.2) is 0 Å². The summed E-state index contributed by atoms with van der Waals surface area (Å²) in [6.07, 6.45) is 5.96. The Labute approximate surface area is 132 Å². The zero-order valence-corrected chi connectivity index (χ0v) is 13.1. The summed E-state index contributed by atoms with van der Waals surface area (Å²) in [4.78, 5) is 24.5. The van der Waals surface area contributed by atoms with Crippen LogP contribution in [0, 0.1) is 0 Å². The van der Waals surface area contributed by atoms with Crippen LogP contribution in [0.2, 0.25) is 0 Å². The summed E-state index contributed by atoms with van der Waals surface area (Å²) in [6, 6.07) is 4.00. The predicted octanol–water partition coefficient (Wildman–Crippen LogP) is 2.40. The molecule has 1 aliphatic carbocycles. The molecule has 0 aromatic carbocycles. The first kappa shape index (κ1) is 15.0. The molecule has 2 heterocycles. The third-order valence-electron chi connectivity index (χ3n) is 3.86. The zero-order chi connectivity index (χ0) is 15.4. The Balaban J connectivity index is 1.55. The second-order valence-corrected chi connectivity index (χ2v) is 6.47. The third-order valence-corrected chi connectivity index (χ3v) is 4.72. The number of thiophene rings is 1. The molecule has 22 heavy (non-hydrogen) atoms. The Kier molecular flexibility index (Phi) is 4.72. The van der Waals surface area contributed by atoms with Crippen molar-refractivity contribution in [3.8, 4) is 10.8 Å². The van der Waals surface area contributed by atoms with Crippen LogP contribution in [0.25, 0.3) is 10.8 Å². The lowest BCUT2D eigenvalue weighted by atomic mass is 9.95. The Morgan fingerprint density at radius 3 is 2.95 bits per heavy atom. The van der Waals surface area contributed by atoms with Crippen molar-refractivity contribution < 1.29 is 9.21 Å². The van der Waals surface area contributed by atoms with Crippen molar-refractivity contribution in [2.75, 3.05) is 0 Å². The van der Waals surface area contributed by atoms with E-state index in [1.807, 2.05) is 17.5 Å². The van der Waals surface area contributed by atoms with Gasteiger partial charge in [0.1, 0.15) is 0 Å². The lowest BCUT2D eigenvalue weighted by molar-refractivity contribution is -0.122. The zero-order valence-electron chi connectivity index (χ0n) is 12.3. The average molecular weight is 321 g/mol. The molecule has 0 bridgehead atoms. The van der Waals surface area contributed by atoms with Crippen molar-refractivity contribution in [3.05, 3.63) is 28.1 Å². The molecule has 0 unspecified atom stereocenters. The maximum atomic E-state index is 11.9. The number of aryl methyl sites for hydroxylation is 1. The lowest BCUT2D eigenvalue weighted by Crippen LogP contribution is -2.37. The summed E-state index contributed by atoms with van der Waals surface area (Å²) >= 11 is 1.46. The van der Waals surface area contributed by atoms with Crippen molar-refractivity contribution >= 4 is 17.2 Å². The fourth-order valence-electron chi connectivity index (χ4n) is 2.70. The van der Waals surface area contributed by atoms with E-state index in [1.165, 1.54) is 35.3 Å². The molecule has 0 atom stereocenters. The molecular weight excluding hydrogens is 302 g/mol. The van der Waals surface area contributed by atoms with Crippen LogP contribution in [0.3, 0.4) is 0 Å². The number of carbonyl (C=O) groups is 1. The Hall–Kier alpha value is -1.89. The molecule has 1 amide bonds. The maximum absolute atomic E-state index is 11.9. The number of rotatable bonds is 5. The minimum atomic E-state index is -0.520. The molecular formula is C15H19N3O3S. The molecule has 0 saturated heterocycles. The molecule has 7 heteroatoms. The lowest BCUT2D eigenvalue weighted by Gasteiger charge is -2.22. The van der Waals surface area contributed by atoms with Crippen molar-refractivity contribution in [1.82, 2.24) is 15.1 Å². The van der Waals surface area contributed by atoms with E-state index in [2.05, 4.69) is 10.4 Å². The molecule has 0 spiro atoms. The summed E-state index contributed by atoms with van der Waals surface area (Å²) in [7, 11) is 0. The first-order valence-electron chi connectivity index (χ1n) is 7.63. The highest BCUT2D eigenvalue weighted by Crippen LogP contribution is 2.21. The summed E-state index contributed by atoms with van der Waals surface area (Å²) < 4.78 is 6.33. The summed E-state index contributed by atoms with van der Waals surface area (Å²) in [5, 5.41) is 9.07. The van der Waals surface area contributed by atoms with E-state index < -0.39 is 5.76 Å². The van der Waals surface area contributed by atoms with Crippen LogP contribution in [0.15, 0.2) is 26.7 Å². The third kappa shape index (κ3) is 3.65. The van der Waals surface area contributed by atoms with Crippen LogP contribution in [-0.2, 0) is 11.3 Å². The predicted molar refractivity (Wildman–Crippen MR) is 83.7 cm³/mol. The van der Waals surface area contributed by atoms with E-state index in [4.69, 9.17) is 4.42 Å². The van der Waals surface area contributed by atoms with Gasteiger partial charge >= 0.3 is 5.76 Å². The second-order valence-electron chi connectivity index (χ2n) is 5.53. The Morgan fingerprint density at radius 1 is 1.41 bits per heavy atom. The minimum Gasteiger partial charge on any atom is -0.387 e. The fourth-order valence-corrected chi connectivity index (χ4v) is 3.35. The van der Waals surface area contributed by atoms with Gasteiger partial charge in [-0.2, -0.15) is 4.68 Å². The van der Waals surface area contributed by atoms with Gasteiger partial charge in [-0.25, -0.2) is 4.79 Å². The van der Waals surface area contributed by atoms with E-state index in [0.29, 0.717) is 5.89 Å². The van der Waals surface area contributed by atoms with Crippen molar-refractivity contribution in [3.63, 3.8) is 0 Å². The van der Waals surface area contributed by atoms with E-state index >= 15 is 0 Å². The van der Waals surface area contributed by atoms with Gasteiger partial charge in [-0.1, -0.05) is 25.3 Å². The van der Waals surface area contributed by atoms with Crippen LogP contribution in [-0.4, -0.2) is 21.7 Å². The van der Waals surface area contributed by atoms with Crippen LogP contribution in [0.4, 0.5) is 0 Å². The van der Waals surface area contributed by atoms with Crippen LogP contribution < -0.4 is 11.1 Å². The first-order valence-corrected chi connectivity index (χ1v) is 8.51. The maximum Gasteiger partial charge on any atom is 0.437 e. The number of hydrogen-bond donors (Lipinski definition) is 1. The molecule has 1 aliphatic rings. The molecule has 0 radical (unpaired) electrons. The smallest absolute Gasteiger partial charge is 0.387 e. The monoisotopic (exact) mass is 321 g/mol. The fraction of sp³-hybridized carbons (Fsp3) is 0.533. The normalized spacial score (nSPS) is 15.8. The highest BCUT2D eigenvalue weighted by atomic mass is 32.1. The minimum absolute atomic E-state index is 0.0283. The topological polar surface area (TPSA) is 77.1 Å². The van der Waals surface area contributed by atoms with Crippen LogP contribution >= 0.6 is 11.3 Å². The number of amides is 1. The highest BCUT2D eigenvalue weighted by Gasteiger charge is 2.16. The molecule has 2 aromatic heterocycles. The van der Waals surface area contributed by atoms with Crippen molar-refractivity contribution in [2.24, 2.45) is 0 Å². The van der Waals surface area contributed by atoms with Gasteiger partial charge in [0, 0.05) is 12.5 Å². The first-order chi connectivity index (χ1) is 10.7. The SMILES string of the molecule is O=C(CCn1nc(-c2cccs2)oc1=O)NC1CCCCC1. The Morgan fingerprint density at radius 2 is 2.23 bits per heavy atom. The van der Waals surface area contributed by atoms with Gasteiger partial charge < -0.3 is 9.73 Å². The molecule has 118 valence electrons. The standard InChI is InChI=1S/C15H19N3O3S/c19-13(16-11-5-2-1-3-6-11)8-9-18-15(20)21-14(17-18)12-7-4-10-22-12/h4,7,10-11H,1-3,5-6,8-9H2,(H,16,19). The number of carbonyl (C=O) groups excluding carboxylic acids is 1. The van der Waals surface area contributed by atoms with Crippen molar-refractivity contribution in [2.45, 2.75) is 51.1 Å². The Bertz CT molecular complexity index is 669. The quantitative estimate of drug-likeness (QED) is 0.917. The number of nitrogens with one attached hydrogen (secondary N) is 1. The van der Waals surface area contributed by atoms with Gasteiger partial charge in [0.05, 0.1) is 11.4 Å². The van der Waals surface area contributed by atoms with E-state index in [-0.39, 0.29) is 24.9 Å². The number of aromatic nitrogens is 2. The van der Waals surface area contributed by atoms with Gasteiger partial charge in [-0.05, 0) is 24.3 Å².